The van der Waals surface area contributed by atoms with Crippen LogP contribution in [0.2, 0.25) is 0 Å². The van der Waals surface area contributed by atoms with E-state index in [-0.39, 0.29) is 12.2 Å². The van der Waals surface area contributed by atoms with Gasteiger partial charge in [-0.25, -0.2) is 8.42 Å². The lowest BCUT2D eigenvalue weighted by Crippen LogP contribution is -2.36. The molecule has 0 aromatic rings. The molecule has 1 aliphatic heterocycles. The summed E-state index contributed by atoms with van der Waals surface area (Å²) in [5.41, 5.74) is 0. The lowest BCUT2D eigenvalue weighted by molar-refractivity contribution is -0.216. The molecular weight excluding hydrogens is 209 g/mol. The zero-order valence-electron chi connectivity index (χ0n) is 6.58. The summed E-state index contributed by atoms with van der Waals surface area (Å²) >= 11 is 0. The second-order valence-corrected chi connectivity index (χ2v) is 5.38. The van der Waals surface area contributed by atoms with Crippen molar-refractivity contribution in [2.75, 3.05) is 11.5 Å². The molecule has 1 saturated heterocycles. The molecule has 0 radical (unpaired) electrons. The second-order valence-electron chi connectivity index (χ2n) is 3.15. The summed E-state index contributed by atoms with van der Waals surface area (Å²) in [6, 6.07) is 0. The van der Waals surface area contributed by atoms with Crippen molar-refractivity contribution in [1.82, 2.24) is 0 Å². The van der Waals surface area contributed by atoms with Gasteiger partial charge in [0.25, 0.3) is 0 Å². The van der Waals surface area contributed by atoms with Gasteiger partial charge >= 0.3 is 6.18 Å². The third kappa shape index (κ3) is 2.57. The molecule has 0 amide bonds. The van der Waals surface area contributed by atoms with Gasteiger partial charge in [0.05, 0.1) is 11.5 Å². The van der Waals surface area contributed by atoms with Crippen LogP contribution in [-0.4, -0.2) is 37.3 Å². The van der Waals surface area contributed by atoms with E-state index in [0.29, 0.717) is 0 Å². The minimum absolute atomic E-state index is 0.108. The molecule has 1 fully saturated rings. The highest BCUT2D eigenvalue weighted by atomic mass is 32.2. The van der Waals surface area contributed by atoms with Crippen molar-refractivity contribution in [2.45, 2.75) is 18.7 Å². The number of hydrogen-bond acceptors (Lipinski definition) is 3. The van der Waals surface area contributed by atoms with Gasteiger partial charge in [0, 0.05) is 5.92 Å². The Kier molecular flexibility index (Phi) is 2.59. The molecule has 1 rings (SSSR count). The Balaban J connectivity index is 2.67. The van der Waals surface area contributed by atoms with Crippen LogP contribution in [0.25, 0.3) is 0 Å². The highest BCUT2D eigenvalue weighted by Gasteiger charge is 2.47. The first kappa shape index (κ1) is 10.8. The number of aliphatic hydroxyl groups excluding tert-OH is 1. The van der Waals surface area contributed by atoms with Gasteiger partial charge in [0.1, 0.15) is 0 Å². The van der Waals surface area contributed by atoms with Crippen molar-refractivity contribution in [3.63, 3.8) is 0 Å². The fourth-order valence-corrected chi connectivity index (χ4v) is 3.17. The number of aliphatic hydroxyl groups is 1. The molecule has 0 bridgehead atoms. The molecule has 0 aromatic heterocycles. The van der Waals surface area contributed by atoms with Gasteiger partial charge in [-0.05, 0) is 6.42 Å². The minimum atomic E-state index is -4.72. The molecule has 0 spiro atoms. The maximum atomic E-state index is 11.9. The van der Waals surface area contributed by atoms with Gasteiger partial charge in [0.15, 0.2) is 15.9 Å². The Labute approximate surface area is 73.5 Å². The summed E-state index contributed by atoms with van der Waals surface area (Å²) in [6.07, 6.45) is -7.34. The van der Waals surface area contributed by atoms with E-state index in [0.717, 1.165) is 0 Å². The standard InChI is InChI=1S/C6H9F3O3S/c7-6(8,9)5(10)4-1-2-13(11,12)3-4/h4-5,10H,1-3H2/t4?,5-/m1/s1. The number of sulfone groups is 1. The SMILES string of the molecule is O=S1(=O)CCC([C@@H](O)C(F)(F)F)C1. The average molecular weight is 218 g/mol. The Bertz CT molecular complexity index is 282. The molecule has 3 nitrogen and oxygen atoms in total. The van der Waals surface area contributed by atoms with E-state index in [9.17, 15) is 21.6 Å². The van der Waals surface area contributed by atoms with Gasteiger partial charge in [0.2, 0.25) is 0 Å². The van der Waals surface area contributed by atoms with Crippen molar-refractivity contribution < 1.29 is 26.7 Å². The van der Waals surface area contributed by atoms with Crippen LogP contribution < -0.4 is 0 Å². The third-order valence-electron chi connectivity index (χ3n) is 2.05. The van der Waals surface area contributed by atoms with E-state index in [2.05, 4.69) is 0 Å². The first-order chi connectivity index (χ1) is 5.72. The van der Waals surface area contributed by atoms with Crippen LogP contribution in [0.4, 0.5) is 13.2 Å². The lowest BCUT2D eigenvalue weighted by atomic mass is 10.0. The summed E-state index contributed by atoms with van der Waals surface area (Å²) in [4.78, 5) is 0. The summed E-state index contributed by atoms with van der Waals surface area (Å²) < 4.78 is 57.3. The van der Waals surface area contributed by atoms with Crippen LogP contribution in [0.1, 0.15) is 6.42 Å². The normalized spacial score (nSPS) is 30.3. The van der Waals surface area contributed by atoms with E-state index >= 15 is 0 Å². The zero-order chi connectivity index (χ0) is 10.3. The van der Waals surface area contributed by atoms with Crippen molar-refractivity contribution in [3.05, 3.63) is 0 Å². The van der Waals surface area contributed by atoms with E-state index in [1.54, 1.807) is 0 Å². The van der Waals surface area contributed by atoms with E-state index in [4.69, 9.17) is 5.11 Å². The number of alkyl halides is 3. The van der Waals surface area contributed by atoms with E-state index < -0.39 is 33.8 Å². The summed E-state index contributed by atoms with van der Waals surface area (Å²) in [5, 5.41) is 8.73. The quantitative estimate of drug-likeness (QED) is 0.690. The molecule has 0 aromatic carbocycles. The van der Waals surface area contributed by atoms with E-state index in [1.807, 2.05) is 0 Å². The summed E-state index contributed by atoms with van der Waals surface area (Å²) in [7, 11) is -3.36. The highest BCUT2D eigenvalue weighted by molar-refractivity contribution is 7.91. The number of rotatable bonds is 1. The summed E-state index contributed by atoms with van der Waals surface area (Å²) in [5.74, 6) is -2.01. The Morgan fingerprint density at radius 2 is 1.92 bits per heavy atom. The third-order valence-corrected chi connectivity index (χ3v) is 3.84. The smallest absolute Gasteiger partial charge is 0.383 e. The van der Waals surface area contributed by atoms with Gasteiger partial charge in [-0.2, -0.15) is 13.2 Å². The molecule has 2 atom stereocenters. The Morgan fingerprint density at radius 3 is 2.23 bits per heavy atom. The largest absolute Gasteiger partial charge is 0.414 e. The van der Waals surface area contributed by atoms with Gasteiger partial charge in [-0.15, -0.1) is 0 Å². The van der Waals surface area contributed by atoms with Crippen LogP contribution in [0.3, 0.4) is 0 Å². The minimum Gasteiger partial charge on any atom is -0.383 e. The van der Waals surface area contributed by atoms with Crippen molar-refractivity contribution in [2.24, 2.45) is 5.92 Å². The monoisotopic (exact) mass is 218 g/mol. The molecular formula is C6H9F3O3S. The molecule has 1 heterocycles. The first-order valence-corrected chi connectivity index (χ1v) is 5.50. The fourth-order valence-electron chi connectivity index (χ4n) is 1.34. The molecule has 1 N–H and O–H groups in total. The van der Waals surface area contributed by atoms with E-state index in [1.165, 1.54) is 0 Å². The van der Waals surface area contributed by atoms with Crippen LogP contribution in [0.5, 0.6) is 0 Å². The molecule has 1 unspecified atom stereocenters. The topological polar surface area (TPSA) is 54.4 Å². The predicted molar refractivity (Wildman–Crippen MR) is 38.8 cm³/mol. The van der Waals surface area contributed by atoms with Crippen LogP contribution in [0, 0.1) is 5.92 Å². The van der Waals surface area contributed by atoms with Gasteiger partial charge in [-0.1, -0.05) is 0 Å². The molecule has 0 aliphatic carbocycles. The molecule has 7 heteroatoms. The van der Waals surface area contributed by atoms with Crippen LogP contribution >= 0.6 is 0 Å². The zero-order valence-corrected chi connectivity index (χ0v) is 7.40. The first-order valence-electron chi connectivity index (χ1n) is 3.67. The number of halogens is 3. The van der Waals surface area contributed by atoms with Gasteiger partial charge < -0.3 is 5.11 Å². The highest BCUT2D eigenvalue weighted by Crippen LogP contribution is 2.31. The maximum absolute atomic E-state index is 11.9. The Morgan fingerprint density at radius 1 is 1.38 bits per heavy atom. The predicted octanol–water partition coefficient (Wildman–Crippen LogP) is 0.344. The fraction of sp³-hybridized carbons (Fsp3) is 1.00. The Hall–Kier alpha value is -0.300. The molecule has 78 valence electrons. The van der Waals surface area contributed by atoms with Crippen molar-refractivity contribution in [1.29, 1.82) is 0 Å². The van der Waals surface area contributed by atoms with Crippen LogP contribution in [-0.2, 0) is 9.84 Å². The maximum Gasteiger partial charge on any atom is 0.414 e. The average Bonchev–Trinajstić information content (AvgIpc) is 2.26. The second kappa shape index (κ2) is 3.13. The van der Waals surface area contributed by atoms with Gasteiger partial charge in [-0.3, -0.25) is 0 Å². The lowest BCUT2D eigenvalue weighted by Gasteiger charge is -2.19. The molecule has 1 aliphatic rings. The number of hydrogen-bond donors (Lipinski definition) is 1. The van der Waals surface area contributed by atoms with Crippen molar-refractivity contribution >= 4 is 9.84 Å². The summed E-state index contributed by atoms with van der Waals surface area (Å²) in [6.45, 7) is 0. The van der Waals surface area contributed by atoms with Crippen molar-refractivity contribution in [3.8, 4) is 0 Å². The molecule has 13 heavy (non-hydrogen) atoms. The molecule has 0 saturated carbocycles. The van der Waals surface area contributed by atoms with Crippen LogP contribution in [0.15, 0.2) is 0 Å².